The smallest absolute Gasteiger partial charge is 0.326 e. The van der Waals surface area contributed by atoms with Gasteiger partial charge in [0.15, 0.2) is 0 Å². The van der Waals surface area contributed by atoms with Crippen molar-refractivity contribution in [1.29, 1.82) is 0 Å². The topological polar surface area (TPSA) is 89.0 Å². The van der Waals surface area contributed by atoms with Crippen molar-refractivity contribution in [3.63, 3.8) is 0 Å². The van der Waals surface area contributed by atoms with Crippen LogP contribution in [0, 0.1) is 0 Å². The summed E-state index contributed by atoms with van der Waals surface area (Å²) in [5.41, 5.74) is 0.405. The Kier molecular flexibility index (Phi) is 4.76. The molecule has 0 bridgehead atoms. The fourth-order valence-corrected chi connectivity index (χ4v) is 2.98. The van der Waals surface area contributed by atoms with Gasteiger partial charge in [0.25, 0.3) is 5.91 Å². The first-order valence-corrected chi connectivity index (χ1v) is 7.89. The molecule has 1 aromatic heterocycles. The zero-order valence-corrected chi connectivity index (χ0v) is 12.8. The molecule has 7 heteroatoms. The third-order valence-electron chi connectivity index (χ3n) is 4.21. The highest BCUT2D eigenvalue weighted by Crippen LogP contribution is 2.22. The maximum atomic E-state index is 12.7. The van der Waals surface area contributed by atoms with Gasteiger partial charge in [0.05, 0.1) is 13.2 Å². The Morgan fingerprint density at radius 2 is 2.22 bits per heavy atom. The molecule has 0 radical (unpaired) electrons. The van der Waals surface area contributed by atoms with Crippen LogP contribution < -0.4 is 4.74 Å². The van der Waals surface area contributed by atoms with Crippen LogP contribution in [-0.4, -0.2) is 58.8 Å². The van der Waals surface area contributed by atoms with Crippen molar-refractivity contribution in [2.45, 2.75) is 37.8 Å². The summed E-state index contributed by atoms with van der Waals surface area (Å²) in [6.45, 7) is 1.65. The average molecular weight is 320 g/mol. The SMILES string of the molecule is O=C(O)[C@H]1CCCCN1C(=O)c1ccnc(OC2CCOC2)c1. The molecule has 23 heavy (non-hydrogen) atoms. The Labute approximate surface area is 134 Å². The maximum Gasteiger partial charge on any atom is 0.326 e. The largest absolute Gasteiger partial charge is 0.480 e. The molecule has 124 valence electrons. The number of nitrogens with zero attached hydrogens (tertiary/aromatic N) is 2. The van der Waals surface area contributed by atoms with Gasteiger partial charge in [-0.05, 0) is 25.3 Å². The van der Waals surface area contributed by atoms with Crippen molar-refractivity contribution in [1.82, 2.24) is 9.88 Å². The molecule has 0 aromatic carbocycles. The number of aromatic nitrogens is 1. The number of ether oxygens (including phenoxy) is 2. The van der Waals surface area contributed by atoms with Crippen molar-refractivity contribution < 1.29 is 24.2 Å². The maximum absolute atomic E-state index is 12.7. The van der Waals surface area contributed by atoms with E-state index in [-0.39, 0.29) is 12.0 Å². The normalized spacial score (nSPS) is 24.4. The summed E-state index contributed by atoms with van der Waals surface area (Å²) in [4.78, 5) is 29.6. The molecule has 1 aromatic rings. The number of carbonyl (C=O) groups is 2. The number of aliphatic carboxylic acids is 1. The lowest BCUT2D eigenvalue weighted by atomic mass is 10.0. The van der Waals surface area contributed by atoms with Gasteiger partial charge in [0, 0.05) is 30.8 Å². The Hall–Kier alpha value is -2.15. The molecule has 0 spiro atoms. The molecule has 0 saturated carbocycles. The first-order chi connectivity index (χ1) is 11.1. The zero-order valence-electron chi connectivity index (χ0n) is 12.8. The van der Waals surface area contributed by atoms with Crippen LogP contribution in [0.25, 0.3) is 0 Å². The molecule has 1 amide bonds. The number of carboxylic acid groups (broad SMARTS) is 1. The zero-order chi connectivity index (χ0) is 16.2. The minimum Gasteiger partial charge on any atom is -0.480 e. The summed E-state index contributed by atoms with van der Waals surface area (Å²) >= 11 is 0. The summed E-state index contributed by atoms with van der Waals surface area (Å²) in [5, 5.41) is 9.30. The fourth-order valence-electron chi connectivity index (χ4n) is 2.98. The van der Waals surface area contributed by atoms with E-state index in [9.17, 15) is 14.7 Å². The number of hydrogen-bond donors (Lipinski definition) is 1. The summed E-state index contributed by atoms with van der Waals surface area (Å²) in [5.74, 6) is -0.867. The van der Waals surface area contributed by atoms with Gasteiger partial charge in [-0.3, -0.25) is 4.79 Å². The van der Waals surface area contributed by atoms with E-state index in [1.165, 1.54) is 11.1 Å². The Morgan fingerprint density at radius 3 is 2.96 bits per heavy atom. The van der Waals surface area contributed by atoms with Crippen LogP contribution in [0.3, 0.4) is 0 Å². The monoisotopic (exact) mass is 320 g/mol. The second-order valence-corrected chi connectivity index (χ2v) is 5.83. The highest BCUT2D eigenvalue weighted by atomic mass is 16.5. The number of likely N-dealkylation sites (tertiary alicyclic amines) is 1. The van der Waals surface area contributed by atoms with Gasteiger partial charge >= 0.3 is 5.97 Å². The van der Waals surface area contributed by atoms with E-state index in [1.54, 1.807) is 12.1 Å². The highest BCUT2D eigenvalue weighted by molar-refractivity contribution is 5.96. The molecule has 3 heterocycles. The number of carbonyl (C=O) groups excluding carboxylic acids is 1. The van der Waals surface area contributed by atoms with E-state index >= 15 is 0 Å². The Balaban J connectivity index is 1.74. The predicted octanol–water partition coefficient (Wildman–Crippen LogP) is 1.33. The summed E-state index contributed by atoms with van der Waals surface area (Å²) in [6, 6.07) is 2.42. The van der Waals surface area contributed by atoms with Crippen LogP contribution in [-0.2, 0) is 9.53 Å². The molecule has 2 aliphatic rings. The predicted molar refractivity (Wildman–Crippen MR) is 80.4 cm³/mol. The van der Waals surface area contributed by atoms with E-state index in [4.69, 9.17) is 9.47 Å². The molecule has 2 saturated heterocycles. The van der Waals surface area contributed by atoms with E-state index in [0.29, 0.717) is 37.6 Å². The molecule has 7 nitrogen and oxygen atoms in total. The molecule has 0 aliphatic carbocycles. The first kappa shape index (κ1) is 15.7. The summed E-state index contributed by atoms with van der Waals surface area (Å²) in [6.07, 6.45) is 4.41. The number of amides is 1. The van der Waals surface area contributed by atoms with Crippen molar-refractivity contribution in [2.75, 3.05) is 19.8 Å². The minimum absolute atomic E-state index is 0.0467. The molecular weight excluding hydrogens is 300 g/mol. The van der Waals surface area contributed by atoms with Crippen LogP contribution in [0.1, 0.15) is 36.0 Å². The summed E-state index contributed by atoms with van der Waals surface area (Å²) in [7, 11) is 0. The Morgan fingerprint density at radius 1 is 1.35 bits per heavy atom. The second-order valence-electron chi connectivity index (χ2n) is 5.83. The van der Waals surface area contributed by atoms with E-state index in [0.717, 1.165) is 19.3 Å². The van der Waals surface area contributed by atoms with E-state index < -0.39 is 12.0 Å². The van der Waals surface area contributed by atoms with E-state index in [2.05, 4.69) is 4.98 Å². The van der Waals surface area contributed by atoms with Gasteiger partial charge < -0.3 is 19.5 Å². The van der Waals surface area contributed by atoms with Crippen LogP contribution in [0.4, 0.5) is 0 Å². The highest BCUT2D eigenvalue weighted by Gasteiger charge is 2.32. The van der Waals surface area contributed by atoms with Crippen LogP contribution in [0.2, 0.25) is 0 Å². The van der Waals surface area contributed by atoms with Gasteiger partial charge in [0.2, 0.25) is 5.88 Å². The standard InChI is InChI=1S/C16H20N2O5/c19-15(18-7-2-1-3-13(18)16(20)21)11-4-6-17-14(9-11)23-12-5-8-22-10-12/h4,6,9,12-13H,1-3,5,7-8,10H2,(H,20,21)/t12?,13-/m1/s1. The van der Waals surface area contributed by atoms with E-state index in [1.807, 2.05) is 0 Å². The van der Waals surface area contributed by atoms with Gasteiger partial charge in [-0.1, -0.05) is 0 Å². The lowest BCUT2D eigenvalue weighted by Gasteiger charge is -2.33. The fraction of sp³-hybridized carbons (Fsp3) is 0.562. The van der Waals surface area contributed by atoms with Gasteiger partial charge in [-0.2, -0.15) is 0 Å². The van der Waals surface area contributed by atoms with Crippen LogP contribution in [0.15, 0.2) is 18.3 Å². The number of carboxylic acids is 1. The molecule has 2 atom stereocenters. The second kappa shape index (κ2) is 6.95. The van der Waals surface area contributed by atoms with Gasteiger partial charge in [0.1, 0.15) is 12.1 Å². The van der Waals surface area contributed by atoms with Crippen molar-refractivity contribution >= 4 is 11.9 Å². The number of hydrogen-bond acceptors (Lipinski definition) is 5. The third kappa shape index (κ3) is 3.61. The Bertz CT molecular complexity index is 586. The average Bonchev–Trinajstić information content (AvgIpc) is 3.07. The number of piperidine rings is 1. The minimum atomic E-state index is -0.952. The molecule has 1 unspecified atom stereocenters. The molecule has 2 fully saturated rings. The third-order valence-corrected chi connectivity index (χ3v) is 4.21. The van der Waals surface area contributed by atoms with Crippen molar-refractivity contribution in [3.8, 4) is 5.88 Å². The van der Waals surface area contributed by atoms with Gasteiger partial charge in [-0.15, -0.1) is 0 Å². The quantitative estimate of drug-likeness (QED) is 0.900. The number of rotatable bonds is 4. The lowest BCUT2D eigenvalue weighted by molar-refractivity contribution is -0.143. The van der Waals surface area contributed by atoms with Crippen molar-refractivity contribution in [2.24, 2.45) is 0 Å². The lowest BCUT2D eigenvalue weighted by Crippen LogP contribution is -2.48. The van der Waals surface area contributed by atoms with Gasteiger partial charge in [-0.25, -0.2) is 9.78 Å². The van der Waals surface area contributed by atoms with Crippen molar-refractivity contribution in [3.05, 3.63) is 23.9 Å². The van der Waals surface area contributed by atoms with Crippen LogP contribution in [0.5, 0.6) is 5.88 Å². The molecule has 1 N–H and O–H groups in total. The molecule has 3 rings (SSSR count). The molecule has 2 aliphatic heterocycles. The summed E-state index contributed by atoms with van der Waals surface area (Å²) < 4.78 is 11.0. The van der Waals surface area contributed by atoms with Crippen LogP contribution >= 0.6 is 0 Å². The number of pyridine rings is 1. The molecular formula is C16H20N2O5. The first-order valence-electron chi connectivity index (χ1n) is 7.89.